The second-order valence-corrected chi connectivity index (χ2v) is 9.49. The van der Waals surface area contributed by atoms with E-state index in [1.165, 1.54) is 0 Å². The summed E-state index contributed by atoms with van der Waals surface area (Å²) in [7, 11) is 0. The van der Waals surface area contributed by atoms with E-state index in [1.807, 2.05) is 48.5 Å². The van der Waals surface area contributed by atoms with E-state index in [0.29, 0.717) is 24.3 Å². The summed E-state index contributed by atoms with van der Waals surface area (Å²) in [6.07, 6.45) is -1.06. The third-order valence-electron chi connectivity index (χ3n) is 4.87. The molecule has 0 bridgehead atoms. The van der Waals surface area contributed by atoms with Crippen molar-refractivity contribution < 1.29 is 19.8 Å². The summed E-state index contributed by atoms with van der Waals surface area (Å²) in [4.78, 5) is 27.9. The fraction of sp³-hybridized carbons (Fsp3) is 0.364. The maximum Gasteiger partial charge on any atom is 0.226 e. The first-order valence-electron chi connectivity index (χ1n) is 9.56. The lowest BCUT2D eigenvalue weighted by molar-refractivity contribution is -0.146. The van der Waals surface area contributed by atoms with E-state index in [-0.39, 0.29) is 16.3 Å². The second-order valence-electron chi connectivity index (χ2n) is 7.13. The normalized spacial score (nSPS) is 20.1. The van der Waals surface area contributed by atoms with Crippen LogP contribution in [0, 0.1) is 5.92 Å². The molecule has 0 aromatic heterocycles. The number of benzene rings is 2. The fourth-order valence-electron chi connectivity index (χ4n) is 3.35. The van der Waals surface area contributed by atoms with Crippen molar-refractivity contribution in [3.05, 3.63) is 66.2 Å². The minimum Gasteiger partial charge on any atom is -0.366 e. The average molecular weight is 432 g/mol. The molecule has 1 fully saturated rings. The lowest BCUT2D eigenvalue weighted by atomic mass is 10.1. The van der Waals surface area contributed by atoms with Crippen molar-refractivity contribution in [3.63, 3.8) is 0 Å². The molecule has 0 unspecified atom stereocenters. The van der Waals surface area contributed by atoms with E-state index < -0.39 is 18.2 Å². The largest absolute Gasteiger partial charge is 0.366 e. The Labute approximate surface area is 179 Å². The first-order valence-corrected chi connectivity index (χ1v) is 11.4. The number of amides is 1. The van der Waals surface area contributed by atoms with Crippen LogP contribution in [0.5, 0.6) is 0 Å². The number of hydrogen-bond donors (Lipinski definition) is 2. The first-order chi connectivity index (χ1) is 14.0. The molecule has 3 rings (SSSR count). The van der Waals surface area contributed by atoms with Crippen LogP contribution in [-0.4, -0.2) is 56.0 Å². The van der Waals surface area contributed by atoms with Crippen molar-refractivity contribution in [3.8, 4) is 0 Å². The molecule has 5 nitrogen and oxygen atoms in total. The quantitative estimate of drug-likeness (QED) is 0.655. The van der Waals surface area contributed by atoms with Gasteiger partial charge in [0.2, 0.25) is 11.0 Å². The summed E-state index contributed by atoms with van der Waals surface area (Å²) in [6.45, 7) is 2.24. The van der Waals surface area contributed by atoms with Crippen LogP contribution < -0.4 is 0 Å². The fourth-order valence-corrected chi connectivity index (χ4v) is 5.43. The predicted octanol–water partition coefficient (Wildman–Crippen LogP) is 3.27. The number of aliphatic hydroxyl groups excluding tert-OH is 1. The molecule has 1 aliphatic rings. The summed E-state index contributed by atoms with van der Waals surface area (Å²) in [5.41, 5.74) is 0.612. The maximum atomic E-state index is 13.0. The van der Waals surface area contributed by atoms with Crippen LogP contribution >= 0.6 is 23.5 Å². The number of carbonyl (C=O) groups excluding carboxylic acids is 2. The second kappa shape index (κ2) is 10.3. The third kappa shape index (κ3) is 5.85. The average Bonchev–Trinajstić information content (AvgIpc) is 3.16. The van der Waals surface area contributed by atoms with E-state index in [4.69, 9.17) is 0 Å². The van der Waals surface area contributed by atoms with E-state index >= 15 is 0 Å². The Kier molecular flexibility index (Phi) is 7.77. The molecule has 0 aliphatic carbocycles. The van der Waals surface area contributed by atoms with Crippen molar-refractivity contribution in [2.24, 2.45) is 5.92 Å². The molecule has 2 aromatic carbocycles. The SMILES string of the molecule is C[C@H](CSC(=O)c1ccccc1)C(=O)N1C[C@@H](Sc2ccccc2)C[C@H]1C(O)O. The van der Waals surface area contributed by atoms with Crippen molar-refractivity contribution in [2.45, 2.75) is 35.8 Å². The zero-order valence-corrected chi connectivity index (χ0v) is 17.8. The molecule has 1 aliphatic heterocycles. The lowest BCUT2D eigenvalue weighted by Gasteiger charge is -2.28. The van der Waals surface area contributed by atoms with Gasteiger partial charge in [-0.1, -0.05) is 67.2 Å². The molecule has 0 spiro atoms. The van der Waals surface area contributed by atoms with Crippen LogP contribution in [-0.2, 0) is 4.79 Å². The number of carbonyl (C=O) groups is 2. The minimum atomic E-state index is -1.58. The Morgan fingerprint density at radius 2 is 1.69 bits per heavy atom. The molecule has 1 heterocycles. The standard InChI is InChI=1S/C22H25NO4S2/c1-15(14-28-22(27)16-8-4-2-5-9-16)20(24)23-13-18(12-19(23)21(25)26)29-17-10-6-3-7-11-17/h2-11,15,18-19,21,25-26H,12-14H2,1H3/t15-,18+,19+/m1/s1. The van der Waals surface area contributed by atoms with Gasteiger partial charge in [-0.15, -0.1) is 11.8 Å². The number of hydrogen-bond acceptors (Lipinski definition) is 6. The van der Waals surface area contributed by atoms with Crippen LogP contribution in [0.3, 0.4) is 0 Å². The van der Waals surface area contributed by atoms with E-state index in [2.05, 4.69) is 0 Å². The molecule has 2 N–H and O–H groups in total. The van der Waals surface area contributed by atoms with Crippen LogP contribution in [0.25, 0.3) is 0 Å². The zero-order chi connectivity index (χ0) is 20.8. The Morgan fingerprint density at radius 1 is 1.07 bits per heavy atom. The Balaban J connectivity index is 1.59. The van der Waals surface area contributed by atoms with Crippen molar-refractivity contribution in [1.29, 1.82) is 0 Å². The van der Waals surface area contributed by atoms with Crippen LogP contribution in [0.15, 0.2) is 65.6 Å². The van der Waals surface area contributed by atoms with Gasteiger partial charge in [-0.3, -0.25) is 9.59 Å². The van der Waals surface area contributed by atoms with Gasteiger partial charge in [-0.25, -0.2) is 0 Å². The van der Waals surface area contributed by atoms with Gasteiger partial charge < -0.3 is 15.1 Å². The van der Waals surface area contributed by atoms with Gasteiger partial charge in [0, 0.05) is 33.9 Å². The van der Waals surface area contributed by atoms with Gasteiger partial charge in [0.25, 0.3) is 0 Å². The molecule has 3 atom stereocenters. The Bertz CT molecular complexity index is 816. The van der Waals surface area contributed by atoms with Gasteiger partial charge in [0.05, 0.1) is 6.04 Å². The highest BCUT2D eigenvalue weighted by Crippen LogP contribution is 2.34. The Morgan fingerprint density at radius 3 is 2.31 bits per heavy atom. The monoisotopic (exact) mass is 431 g/mol. The van der Waals surface area contributed by atoms with Crippen LogP contribution in [0.1, 0.15) is 23.7 Å². The minimum absolute atomic E-state index is 0.0667. The molecule has 1 saturated heterocycles. The smallest absolute Gasteiger partial charge is 0.226 e. The number of likely N-dealkylation sites (tertiary alicyclic amines) is 1. The molecular weight excluding hydrogens is 406 g/mol. The molecule has 0 radical (unpaired) electrons. The number of aliphatic hydroxyl groups is 2. The molecule has 1 amide bonds. The van der Waals surface area contributed by atoms with Crippen molar-refractivity contribution in [1.82, 2.24) is 4.90 Å². The highest BCUT2D eigenvalue weighted by molar-refractivity contribution is 8.14. The molecule has 7 heteroatoms. The Hall–Kier alpha value is -1.80. The number of nitrogens with zero attached hydrogens (tertiary/aromatic N) is 1. The summed E-state index contributed by atoms with van der Waals surface area (Å²) < 4.78 is 0. The zero-order valence-electron chi connectivity index (χ0n) is 16.2. The van der Waals surface area contributed by atoms with E-state index in [0.717, 1.165) is 16.7 Å². The van der Waals surface area contributed by atoms with Crippen LogP contribution in [0.4, 0.5) is 0 Å². The topological polar surface area (TPSA) is 77.8 Å². The summed E-state index contributed by atoms with van der Waals surface area (Å²) in [5, 5.41) is 19.6. The number of rotatable bonds is 7. The molecule has 154 valence electrons. The highest BCUT2D eigenvalue weighted by atomic mass is 32.2. The molecule has 29 heavy (non-hydrogen) atoms. The summed E-state index contributed by atoms with van der Waals surface area (Å²) >= 11 is 2.77. The predicted molar refractivity (Wildman–Crippen MR) is 117 cm³/mol. The van der Waals surface area contributed by atoms with Gasteiger partial charge >= 0.3 is 0 Å². The summed E-state index contributed by atoms with van der Waals surface area (Å²) in [5.74, 6) is -0.185. The van der Waals surface area contributed by atoms with Gasteiger partial charge in [-0.2, -0.15) is 0 Å². The van der Waals surface area contributed by atoms with E-state index in [9.17, 15) is 19.8 Å². The highest BCUT2D eigenvalue weighted by Gasteiger charge is 2.40. The van der Waals surface area contributed by atoms with Crippen molar-refractivity contribution >= 4 is 34.5 Å². The van der Waals surface area contributed by atoms with Gasteiger partial charge in [-0.05, 0) is 18.6 Å². The molecular formula is C22H25NO4S2. The van der Waals surface area contributed by atoms with Gasteiger partial charge in [0.15, 0.2) is 6.29 Å². The lowest BCUT2D eigenvalue weighted by Crippen LogP contribution is -2.45. The summed E-state index contributed by atoms with van der Waals surface area (Å²) in [6, 6.07) is 18.2. The molecule has 2 aromatic rings. The van der Waals surface area contributed by atoms with Crippen molar-refractivity contribution in [2.75, 3.05) is 12.3 Å². The third-order valence-corrected chi connectivity index (χ3v) is 7.26. The van der Waals surface area contributed by atoms with Crippen LogP contribution in [0.2, 0.25) is 0 Å². The maximum absolute atomic E-state index is 13.0. The van der Waals surface area contributed by atoms with Gasteiger partial charge in [0.1, 0.15) is 0 Å². The van der Waals surface area contributed by atoms with E-state index in [1.54, 1.807) is 35.7 Å². The first kappa shape index (κ1) is 21.9. The molecule has 0 saturated carbocycles. The number of thioether (sulfide) groups is 2.